The Morgan fingerprint density at radius 1 is 0.833 bits per heavy atom. The number of pyridine rings is 1. The molecule has 1 aromatic heterocycles. The molecule has 0 fully saturated rings. The summed E-state index contributed by atoms with van der Waals surface area (Å²) in [6, 6.07) is 8.86. The average Bonchev–Trinajstić information content (AvgIpc) is 2.46. The number of aromatic hydroxyl groups is 3. The van der Waals surface area contributed by atoms with E-state index in [1.807, 2.05) is 0 Å². The van der Waals surface area contributed by atoms with Crippen LogP contribution >= 0.6 is 0 Å². The summed E-state index contributed by atoms with van der Waals surface area (Å²) in [5, 5.41) is 29.2. The van der Waals surface area contributed by atoms with E-state index in [0.717, 1.165) is 0 Å². The van der Waals surface area contributed by atoms with Crippen LogP contribution in [-0.2, 0) is 7.05 Å². The van der Waals surface area contributed by atoms with Crippen molar-refractivity contribution in [3.63, 3.8) is 0 Å². The van der Waals surface area contributed by atoms with Crippen LogP contribution in [0.3, 0.4) is 0 Å². The van der Waals surface area contributed by atoms with Crippen LogP contribution in [0.4, 0.5) is 0 Å². The monoisotopic (exact) mass is 964 g/mol. The van der Waals surface area contributed by atoms with Crippen LogP contribution in [0.15, 0.2) is 47.4 Å². The van der Waals surface area contributed by atoms with E-state index in [2.05, 4.69) is 0 Å². The Morgan fingerprint density at radius 3 is 1.96 bits per heavy atom. The zero-order valence-corrected chi connectivity index (χ0v) is 27.2. The minimum atomic E-state index is -0.373. The van der Waals surface area contributed by atoms with Crippen molar-refractivity contribution < 1.29 is 148 Å². The Balaban J connectivity index is 0.00000176. The van der Waals surface area contributed by atoms with Crippen molar-refractivity contribution in [2.45, 2.75) is 0 Å². The van der Waals surface area contributed by atoms with Crippen LogP contribution in [0.5, 0.6) is 17.2 Å². The van der Waals surface area contributed by atoms with Crippen molar-refractivity contribution >= 4 is 10.9 Å². The summed E-state index contributed by atoms with van der Waals surface area (Å²) in [5.74, 6) is -0.138. The van der Waals surface area contributed by atoms with Gasteiger partial charge in [-0.05, 0) is 29.8 Å². The smallest absolute Gasteiger partial charge is 0.201 e. The second kappa shape index (κ2) is 10.6. The number of phenols is 3. The van der Waals surface area contributed by atoms with E-state index in [-0.39, 0.29) is 166 Å². The molecule has 5 nitrogen and oxygen atoms in total. The van der Waals surface area contributed by atoms with E-state index in [1.54, 1.807) is 29.9 Å². The summed E-state index contributed by atoms with van der Waals surface area (Å²) >= 11 is 0. The van der Waals surface area contributed by atoms with Crippen LogP contribution < -0.4 is 5.43 Å². The van der Waals surface area contributed by atoms with Crippen LogP contribution in [0.25, 0.3) is 22.0 Å². The Kier molecular flexibility index (Phi) is 11.3. The zero-order chi connectivity index (χ0) is 15.1. The van der Waals surface area contributed by atoms with Crippen LogP contribution in [-0.4, -0.2) is 19.9 Å². The normalized spacial score (nSPS) is 9.54. The fourth-order valence-electron chi connectivity index (χ4n) is 2.45. The maximum Gasteiger partial charge on any atom is 0.201 e. The van der Waals surface area contributed by atoms with E-state index in [0.29, 0.717) is 11.1 Å². The fourth-order valence-corrected chi connectivity index (χ4v) is 2.45. The number of nitrogens with zero attached hydrogens (tertiary/aromatic N) is 1. The summed E-state index contributed by atoms with van der Waals surface area (Å²) in [6.07, 6.45) is 1.59. The molecule has 0 unspecified atom stereocenters. The molecule has 0 saturated heterocycles. The Bertz CT molecular complexity index is 908. The third kappa shape index (κ3) is 5.00. The van der Waals surface area contributed by atoms with Gasteiger partial charge in [-0.2, -0.15) is 0 Å². The van der Waals surface area contributed by atoms with Gasteiger partial charge in [-0.3, -0.25) is 4.79 Å². The second-order valence-electron chi connectivity index (χ2n) is 4.86. The predicted octanol–water partition coefficient (Wildman–Crippen LogP) is 2.32. The molecule has 24 heavy (non-hydrogen) atoms. The van der Waals surface area contributed by atoms with Gasteiger partial charge in [0.15, 0.2) is 0 Å². The Hall–Kier alpha value is 1.37. The van der Waals surface area contributed by atoms with Gasteiger partial charge in [-0.25, -0.2) is 0 Å². The molecular weight excluding hydrogens is 951 g/mol. The molecule has 0 aliphatic rings. The van der Waals surface area contributed by atoms with Crippen molar-refractivity contribution in [2.75, 3.05) is 0 Å². The standard InChI is InChI=1S/C16H13NO4.3Ac/c1-17-8-11(9-2-4-10(18)5-3-9)16(21)14-12(19)6-7-13(20)15(14)17;;;/h2-8,18-20H,1H3;;;. The molecule has 115 valence electrons. The topological polar surface area (TPSA) is 82.7 Å². The van der Waals surface area contributed by atoms with Crippen molar-refractivity contribution in [3.05, 3.63) is 52.8 Å². The third-order valence-corrected chi connectivity index (χ3v) is 3.46. The molecule has 0 aliphatic carbocycles. The third-order valence-electron chi connectivity index (χ3n) is 3.46. The molecule has 0 spiro atoms. The number of aryl methyl sites for hydroxylation is 1. The second-order valence-corrected chi connectivity index (χ2v) is 4.86. The van der Waals surface area contributed by atoms with Gasteiger partial charge in [-0.1, -0.05) is 12.1 Å². The van der Waals surface area contributed by atoms with E-state index < -0.39 is 0 Å². The number of benzene rings is 2. The van der Waals surface area contributed by atoms with Gasteiger partial charge in [0.1, 0.15) is 17.2 Å². The van der Waals surface area contributed by atoms with Gasteiger partial charge in [0.25, 0.3) is 0 Å². The van der Waals surface area contributed by atoms with Crippen LogP contribution in [0, 0.1) is 132 Å². The summed E-state index contributed by atoms with van der Waals surface area (Å²) < 4.78 is 1.59. The quantitative estimate of drug-likeness (QED) is 0.328. The van der Waals surface area contributed by atoms with E-state index >= 15 is 0 Å². The molecule has 0 amide bonds. The maximum absolute atomic E-state index is 12.6. The molecule has 0 saturated carbocycles. The van der Waals surface area contributed by atoms with Gasteiger partial charge in [0, 0.05) is 151 Å². The average molecular weight is 964 g/mol. The van der Waals surface area contributed by atoms with Gasteiger partial charge in [0.05, 0.1) is 10.9 Å². The van der Waals surface area contributed by atoms with E-state index in [9.17, 15) is 20.1 Å². The largest absolute Gasteiger partial charge is 0.508 e. The molecule has 0 aliphatic heterocycles. The van der Waals surface area contributed by atoms with E-state index in [1.165, 1.54) is 24.3 Å². The molecule has 3 N–H and O–H groups in total. The molecule has 2 aromatic carbocycles. The molecular formula is C16H13Ac3NO4. The zero-order valence-electron chi connectivity index (χ0n) is 13.0. The number of aromatic nitrogens is 1. The molecule has 3 rings (SSSR count). The van der Waals surface area contributed by atoms with Crippen molar-refractivity contribution in [2.24, 2.45) is 7.05 Å². The first kappa shape index (κ1) is 25.4. The first-order chi connectivity index (χ1) is 9.99. The summed E-state index contributed by atoms with van der Waals surface area (Å²) in [7, 11) is 1.69. The molecule has 1 heterocycles. The number of fused-ring (bicyclic) bond motifs is 1. The first-order valence-electron chi connectivity index (χ1n) is 6.32. The van der Waals surface area contributed by atoms with Crippen molar-refractivity contribution in [1.29, 1.82) is 0 Å². The summed E-state index contributed by atoms with van der Waals surface area (Å²) in [4.78, 5) is 12.6. The van der Waals surface area contributed by atoms with Gasteiger partial charge >= 0.3 is 0 Å². The van der Waals surface area contributed by atoms with Gasteiger partial charge < -0.3 is 19.9 Å². The number of rotatable bonds is 1. The molecule has 3 radical (unpaired) electrons. The molecule has 3 aromatic rings. The van der Waals surface area contributed by atoms with Crippen molar-refractivity contribution in [1.82, 2.24) is 4.57 Å². The first-order valence-corrected chi connectivity index (χ1v) is 6.32. The van der Waals surface area contributed by atoms with E-state index in [4.69, 9.17) is 0 Å². The summed E-state index contributed by atoms with van der Waals surface area (Å²) in [6.45, 7) is 0. The van der Waals surface area contributed by atoms with Crippen molar-refractivity contribution in [3.8, 4) is 28.4 Å². The predicted molar refractivity (Wildman–Crippen MR) is 79.6 cm³/mol. The molecule has 0 bridgehead atoms. The molecule has 8 heteroatoms. The van der Waals surface area contributed by atoms with Crippen LogP contribution in [0.2, 0.25) is 0 Å². The van der Waals surface area contributed by atoms with Gasteiger partial charge in [0.2, 0.25) is 5.43 Å². The minimum Gasteiger partial charge on any atom is -0.508 e. The SMILES string of the molecule is Cn1cc(-c2ccc(O)cc2)c(=O)c2c(O)ccc(O)c21.[Ac].[Ac].[Ac]. The minimum absolute atomic E-state index is 0. The number of phenolic OH excluding ortho intramolecular Hbond substituents is 3. The number of hydrogen-bond acceptors (Lipinski definition) is 4. The fraction of sp³-hybridized carbons (Fsp3) is 0.0625. The summed E-state index contributed by atoms with van der Waals surface area (Å²) in [5.41, 5.74) is 0.911. The Labute approximate surface area is 246 Å². The molecule has 0 atom stereocenters. The van der Waals surface area contributed by atoms with Gasteiger partial charge in [-0.15, -0.1) is 0 Å². The Morgan fingerprint density at radius 2 is 1.38 bits per heavy atom. The number of hydrogen-bond donors (Lipinski definition) is 3. The van der Waals surface area contributed by atoms with Crippen LogP contribution in [0.1, 0.15) is 0 Å². The maximum atomic E-state index is 12.6.